The average molecular weight is 305 g/mol. The van der Waals surface area contributed by atoms with Gasteiger partial charge in [-0.25, -0.2) is 8.42 Å². The van der Waals surface area contributed by atoms with Crippen molar-refractivity contribution < 1.29 is 12.9 Å². The van der Waals surface area contributed by atoms with Crippen molar-refractivity contribution in [2.45, 2.75) is 50.2 Å². The summed E-state index contributed by atoms with van der Waals surface area (Å²) in [5.41, 5.74) is 3.83. The minimum atomic E-state index is -3.36. The predicted molar refractivity (Wildman–Crippen MR) is 80.0 cm³/mol. The molecule has 1 heterocycles. The quantitative estimate of drug-likeness (QED) is 0.871. The molecule has 0 atom stereocenters. The predicted octanol–water partition coefficient (Wildman–Crippen LogP) is 3.01. The molecular weight excluding hydrogens is 286 g/mol. The molecule has 1 aromatic carbocycles. The Morgan fingerprint density at radius 1 is 1.24 bits per heavy atom. The number of aryl methyl sites for hydroxylation is 4. The molecule has 1 aliphatic rings. The molecule has 1 aromatic heterocycles. The van der Waals surface area contributed by atoms with Crippen molar-refractivity contribution in [2.24, 2.45) is 0 Å². The third-order valence-corrected chi connectivity index (χ3v) is 5.79. The van der Waals surface area contributed by atoms with E-state index in [1.807, 2.05) is 19.1 Å². The largest absolute Gasteiger partial charge is 0.361 e. The van der Waals surface area contributed by atoms with Gasteiger partial charge in [-0.3, -0.25) is 0 Å². The summed E-state index contributed by atoms with van der Waals surface area (Å²) in [5, 5.41) is 3.88. The van der Waals surface area contributed by atoms with Gasteiger partial charge in [0.15, 0.2) is 9.84 Å². The van der Waals surface area contributed by atoms with Crippen LogP contribution in [0.25, 0.3) is 0 Å². The highest BCUT2D eigenvalue weighted by Gasteiger charge is 2.23. The summed E-state index contributed by atoms with van der Waals surface area (Å²) in [6.45, 7) is 3.72. The van der Waals surface area contributed by atoms with Gasteiger partial charge in [-0.15, -0.1) is 0 Å². The molecule has 2 aromatic rings. The summed E-state index contributed by atoms with van der Waals surface area (Å²) in [5.74, 6) is 0.627. The number of fused-ring (bicyclic) bond motifs is 1. The fraction of sp³-hybridized carbons (Fsp3) is 0.438. The van der Waals surface area contributed by atoms with Crippen LogP contribution < -0.4 is 0 Å². The van der Waals surface area contributed by atoms with Gasteiger partial charge in [0.05, 0.1) is 16.3 Å². The molecule has 0 saturated heterocycles. The SMILES string of the molecule is CCc1onc(C)c1CS(=O)(=O)c1ccc2c(c1)CCC2. The lowest BCUT2D eigenvalue weighted by Crippen LogP contribution is -2.07. The van der Waals surface area contributed by atoms with Crippen LogP contribution in [0.5, 0.6) is 0 Å². The first kappa shape index (κ1) is 14.3. The van der Waals surface area contributed by atoms with Crippen molar-refractivity contribution >= 4 is 9.84 Å². The summed E-state index contributed by atoms with van der Waals surface area (Å²) < 4.78 is 30.5. The fourth-order valence-electron chi connectivity index (χ4n) is 2.91. The molecule has 4 nitrogen and oxygen atoms in total. The average Bonchev–Trinajstić information content (AvgIpc) is 3.05. The van der Waals surface area contributed by atoms with E-state index in [0.29, 0.717) is 28.3 Å². The van der Waals surface area contributed by atoms with Crippen LogP contribution in [0.3, 0.4) is 0 Å². The minimum Gasteiger partial charge on any atom is -0.361 e. The maximum absolute atomic E-state index is 12.7. The van der Waals surface area contributed by atoms with Crippen LogP contribution in [-0.2, 0) is 34.9 Å². The third kappa shape index (κ3) is 2.62. The van der Waals surface area contributed by atoms with E-state index in [4.69, 9.17) is 4.52 Å². The first-order chi connectivity index (χ1) is 10.0. The minimum absolute atomic E-state index is 0.0374. The second-order valence-corrected chi connectivity index (χ2v) is 7.56. The van der Waals surface area contributed by atoms with Crippen LogP contribution in [-0.4, -0.2) is 13.6 Å². The third-order valence-electron chi connectivity index (χ3n) is 4.15. The molecule has 0 unspecified atom stereocenters. The van der Waals surface area contributed by atoms with Crippen molar-refractivity contribution in [1.29, 1.82) is 0 Å². The van der Waals surface area contributed by atoms with Gasteiger partial charge < -0.3 is 4.52 Å². The van der Waals surface area contributed by atoms with E-state index < -0.39 is 9.84 Å². The van der Waals surface area contributed by atoms with Gasteiger partial charge in [0, 0.05) is 12.0 Å². The Morgan fingerprint density at radius 3 is 2.76 bits per heavy atom. The Labute approximate surface area is 125 Å². The Bertz CT molecular complexity index is 775. The molecular formula is C16H19NO3S. The normalized spacial score (nSPS) is 14.4. The molecule has 112 valence electrons. The van der Waals surface area contributed by atoms with Crippen molar-refractivity contribution in [1.82, 2.24) is 5.16 Å². The summed E-state index contributed by atoms with van der Waals surface area (Å²) in [6.07, 6.45) is 3.80. The van der Waals surface area contributed by atoms with Crippen molar-refractivity contribution in [3.05, 3.63) is 46.3 Å². The lowest BCUT2D eigenvalue weighted by atomic mass is 10.1. The van der Waals surface area contributed by atoms with Gasteiger partial charge >= 0.3 is 0 Å². The molecule has 0 amide bonds. The molecule has 0 aliphatic heterocycles. The van der Waals surface area contributed by atoms with Crippen molar-refractivity contribution in [3.63, 3.8) is 0 Å². The number of hydrogen-bond donors (Lipinski definition) is 0. The number of sulfone groups is 1. The molecule has 0 N–H and O–H groups in total. The molecule has 0 bridgehead atoms. The van der Waals surface area contributed by atoms with Crippen LogP contribution in [0.4, 0.5) is 0 Å². The monoisotopic (exact) mass is 305 g/mol. The first-order valence-corrected chi connectivity index (χ1v) is 8.95. The lowest BCUT2D eigenvalue weighted by molar-refractivity contribution is 0.382. The van der Waals surface area contributed by atoms with Gasteiger partial charge in [-0.05, 0) is 49.4 Å². The highest BCUT2D eigenvalue weighted by molar-refractivity contribution is 7.90. The summed E-state index contributed by atoms with van der Waals surface area (Å²) in [7, 11) is -3.36. The van der Waals surface area contributed by atoms with Gasteiger partial charge in [0.2, 0.25) is 0 Å². The van der Waals surface area contributed by atoms with E-state index in [0.717, 1.165) is 19.3 Å². The van der Waals surface area contributed by atoms with Crippen LogP contribution in [0, 0.1) is 6.92 Å². The zero-order valence-corrected chi connectivity index (χ0v) is 13.2. The zero-order chi connectivity index (χ0) is 15.0. The Kier molecular flexibility index (Phi) is 3.61. The van der Waals surface area contributed by atoms with Crippen molar-refractivity contribution in [3.8, 4) is 0 Å². The van der Waals surface area contributed by atoms with Gasteiger partial charge in [0.1, 0.15) is 5.76 Å². The van der Waals surface area contributed by atoms with Crippen LogP contribution in [0.1, 0.15) is 41.5 Å². The molecule has 0 saturated carbocycles. The van der Waals surface area contributed by atoms with Gasteiger partial charge in [-0.1, -0.05) is 18.1 Å². The number of hydrogen-bond acceptors (Lipinski definition) is 4. The smallest absolute Gasteiger partial charge is 0.182 e. The van der Waals surface area contributed by atoms with Crippen LogP contribution in [0.15, 0.2) is 27.6 Å². The molecule has 5 heteroatoms. The molecule has 3 rings (SSSR count). The lowest BCUT2D eigenvalue weighted by Gasteiger charge is -2.07. The maximum atomic E-state index is 12.7. The maximum Gasteiger partial charge on any atom is 0.182 e. The molecule has 0 radical (unpaired) electrons. The Morgan fingerprint density at radius 2 is 2.00 bits per heavy atom. The molecule has 0 spiro atoms. The highest BCUT2D eigenvalue weighted by Crippen LogP contribution is 2.27. The Balaban J connectivity index is 1.95. The number of benzene rings is 1. The number of aromatic nitrogens is 1. The van der Waals surface area contributed by atoms with E-state index in [1.165, 1.54) is 11.1 Å². The molecule has 1 aliphatic carbocycles. The second-order valence-electron chi connectivity index (χ2n) is 5.57. The number of nitrogens with zero attached hydrogens (tertiary/aromatic N) is 1. The second kappa shape index (κ2) is 5.30. The van der Waals surface area contributed by atoms with E-state index in [1.54, 1.807) is 13.0 Å². The fourth-order valence-corrected chi connectivity index (χ4v) is 4.43. The van der Waals surface area contributed by atoms with E-state index in [2.05, 4.69) is 5.16 Å². The van der Waals surface area contributed by atoms with E-state index >= 15 is 0 Å². The van der Waals surface area contributed by atoms with Crippen LogP contribution >= 0.6 is 0 Å². The topological polar surface area (TPSA) is 60.2 Å². The zero-order valence-electron chi connectivity index (χ0n) is 12.3. The van der Waals surface area contributed by atoms with Gasteiger partial charge in [0.25, 0.3) is 0 Å². The first-order valence-electron chi connectivity index (χ1n) is 7.30. The summed E-state index contributed by atoms with van der Waals surface area (Å²) >= 11 is 0. The molecule has 0 fully saturated rings. The van der Waals surface area contributed by atoms with Crippen molar-refractivity contribution in [2.75, 3.05) is 0 Å². The highest BCUT2D eigenvalue weighted by atomic mass is 32.2. The summed E-state index contributed by atoms with van der Waals surface area (Å²) in [4.78, 5) is 0.408. The Hall–Kier alpha value is -1.62. The summed E-state index contributed by atoms with van der Waals surface area (Å²) in [6, 6.07) is 5.52. The molecule has 21 heavy (non-hydrogen) atoms. The number of rotatable bonds is 4. The van der Waals surface area contributed by atoms with E-state index in [-0.39, 0.29) is 5.75 Å². The standard InChI is InChI=1S/C16H19NO3S/c1-3-16-15(11(2)17-20-16)10-21(18,19)14-8-7-12-5-4-6-13(12)9-14/h7-9H,3-6,10H2,1-2H3. The van der Waals surface area contributed by atoms with Crippen LogP contribution in [0.2, 0.25) is 0 Å². The van der Waals surface area contributed by atoms with Gasteiger partial charge in [-0.2, -0.15) is 0 Å². The van der Waals surface area contributed by atoms with E-state index in [9.17, 15) is 8.42 Å².